The summed E-state index contributed by atoms with van der Waals surface area (Å²) in [5, 5.41) is 22.6. The van der Waals surface area contributed by atoms with Crippen molar-refractivity contribution in [3.63, 3.8) is 0 Å². The lowest BCUT2D eigenvalue weighted by atomic mass is 9.77. The molecule has 0 amide bonds. The van der Waals surface area contributed by atoms with Gasteiger partial charge in [-0.25, -0.2) is 0 Å². The van der Waals surface area contributed by atoms with E-state index in [4.69, 9.17) is 4.74 Å². The molecule has 2 fully saturated rings. The maximum atomic E-state index is 9.94. The zero-order valence-electron chi connectivity index (χ0n) is 12.1. The average molecular weight is 271 g/mol. The fraction of sp³-hybridized carbons (Fsp3) is 1.00. The van der Waals surface area contributed by atoms with E-state index in [9.17, 15) is 10.2 Å². The van der Waals surface area contributed by atoms with Crippen molar-refractivity contribution in [2.24, 2.45) is 5.92 Å². The normalized spacial score (nSPS) is 31.7. The van der Waals surface area contributed by atoms with Gasteiger partial charge in [0, 0.05) is 12.1 Å². The van der Waals surface area contributed by atoms with Crippen molar-refractivity contribution in [1.82, 2.24) is 5.32 Å². The minimum Gasteiger partial charge on any atom is -0.394 e. The van der Waals surface area contributed by atoms with Gasteiger partial charge in [0.1, 0.15) is 0 Å². The van der Waals surface area contributed by atoms with Gasteiger partial charge in [0.25, 0.3) is 0 Å². The quantitative estimate of drug-likeness (QED) is 0.656. The zero-order chi connectivity index (χ0) is 13.7. The maximum absolute atomic E-state index is 9.94. The summed E-state index contributed by atoms with van der Waals surface area (Å²) in [4.78, 5) is 0. The van der Waals surface area contributed by atoms with Crippen molar-refractivity contribution in [1.29, 1.82) is 0 Å². The van der Waals surface area contributed by atoms with Crippen molar-refractivity contribution < 1.29 is 14.9 Å². The molecular formula is C15H29NO3. The van der Waals surface area contributed by atoms with Crippen molar-refractivity contribution in [2.45, 2.75) is 69.6 Å². The highest BCUT2D eigenvalue weighted by molar-refractivity contribution is 4.95. The first-order valence-electron chi connectivity index (χ1n) is 7.79. The Morgan fingerprint density at radius 1 is 1.26 bits per heavy atom. The van der Waals surface area contributed by atoms with Gasteiger partial charge in [0.05, 0.1) is 25.4 Å². The van der Waals surface area contributed by atoms with Crippen LogP contribution in [0.1, 0.15) is 51.9 Å². The lowest BCUT2D eigenvalue weighted by molar-refractivity contribution is -0.0331. The third-order valence-electron chi connectivity index (χ3n) is 4.81. The number of aliphatic hydroxyl groups is 2. The van der Waals surface area contributed by atoms with Crippen molar-refractivity contribution in [3.05, 3.63) is 0 Å². The van der Waals surface area contributed by atoms with Crippen LogP contribution in [0.4, 0.5) is 0 Å². The van der Waals surface area contributed by atoms with E-state index in [-0.39, 0.29) is 12.1 Å². The number of hydrogen-bond donors (Lipinski definition) is 3. The molecule has 2 rings (SSSR count). The highest BCUT2D eigenvalue weighted by Gasteiger charge is 2.36. The van der Waals surface area contributed by atoms with Gasteiger partial charge in [-0.15, -0.1) is 0 Å². The molecule has 4 heteroatoms. The predicted molar refractivity (Wildman–Crippen MR) is 75.0 cm³/mol. The van der Waals surface area contributed by atoms with E-state index in [1.807, 2.05) is 0 Å². The number of nitrogens with one attached hydrogen (secondary N) is 1. The van der Waals surface area contributed by atoms with E-state index in [2.05, 4.69) is 12.2 Å². The Morgan fingerprint density at radius 3 is 2.47 bits per heavy atom. The smallest absolute Gasteiger partial charge is 0.0898 e. The third kappa shape index (κ3) is 4.42. The van der Waals surface area contributed by atoms with Crippen LogP contribution >= 0.6 is 0 Å². The standard InChI is InChI=1S/C15H29NO3/c1-12-3-5-14(6-4-12)19-10-13(18)9-16-15(11-17)7-2-8-15/h12-14,16-18H,2-11H2,1H3. The molecule has 0 saturated heterocycles. The Morgan fingerprint density at radius 2 is 1.95 bits per heavy atom. The Kier molecular flexibility index (Phi) is 5.63. The minimum atomic E-state index is -0.469. The second-order valence-corrected chi connectivity index (χ2v) is 6.54. The summed E-state index contributed by atoms with van der Waals surface area (Å²) in [6.07, 6.45) is 7.79. The number of aliphatic hydroxyl groups excluding tert-OH is 2. The fourth-order valence-electron chi connectivity index (χ4n) is 3.03. The van der Waals surface area contributed by atoms with E-state index in [0.29, 0.717) is 19.3 Å². The summed E-state index contributed by atoms with van der Waals surface area (Å²) in [7, 11) is 0. The second-order valence-electron chi connectivity index (χ2n) is 6.54. The molecule has 0 spiro atoms. The molecule has 0 bridgehead atoms. The summed E-state index contributed by atoms with van der Waals surface area (Å²) in [6.45, 7) is 3.39. The monoisotopic (exact) mass is 271 g/mol. The van der Waals surface area contributed by atoms with Crippen LogP contribution in [0.15, 0.2) is 0 Å². The molecule has 2 aliphatic rings. The van der Waals surface area contributed by atoms with Crippen molar-refractivity contribution in [3.8, 4) is 0 Å². The first-order chi connectivity index (χ1) is 9.13. The Hall–Kier alpha value is -0.160. The molecule has 0 aromatic rings. The van der Waals surface area contributed by atoms with Gasteiger partial charge in [-0.05, 0) is 50.9 Å². The molecule has 0 radical (unpaired) electrons. The van der Waals surface area contributed by atoms with Gasteiger partial charge in [-0.3, -0.25) is 0 Å². The van der Waals surface area contributed by atoms with Gasteiger partial charge >= 0.3 is 0 Å². The first-order valence-corrected chi connectivity index (χ1v) is 7.79. The van der Waals surface area contributed by atoms with E-state index >= 15 is 0 Å². The largest absolute Gasteiger partial charge is 0.394 e. The molecule has 112 valence electrons. The SMILES string of the molecule is CC1CCC(OCC(O)CNC2(CO)CCC2)CC1. The third-order valence-corrected chi connectivity index (χ3v) is 4.81. The summed E-state index contributed by atoms with van der Waals surface area (Å²) >= 11 is 0. The number of hydrogen-bond acceptors (Lipinski definition) is 4. The van der Waals surface area contributed by atoms with Crippen LogP contribution in [-0.2, 0) is 4.74 Å². The Labute approximate surface area is 116 Å². The van der Waals surface area contributed by atoms with E-state index in [0.717, 1.165) is 31.6 Å². The summed E-state index contributed by atoms with van der Waals surface area (Å²) < 4.78 is 5.79. The minimum absolute atomic E-state index is 0.124. The molecule has 1 unspecified atom stereocenters. The molecule has 2 aliphatic carbocycles. The van der Waals surface area contributed by atoms with Crippen LogP contribution in [-0.4, -0.2) is 47.7 Å². The highest BCUT2D eigenvalue weighted by Crippen LogP contribution is 2.31. The average Bonchev–Trinajstić information content (AvgIpc) is 2.37. The van der Waals surface area contributed by atoms with Gasteiger partial charge in [-0.2, -0.15) is 0 Å². The molecule has 0 aromatic heterocycles. The van der Waals surface area contributed by atoms with Gasteiger partial charge in [0.2, 0.25) is 0 Å². The topological polar surface area (TPSA) is 61.7 Å². The van der Waals surface area contributed by atoms with E-state index in [1.165, 1.54) is 19.3 Å². The highest BCUT2D eigenvalue weighted by atomic mass is 16.5. The number of rotatable bonds is 7. The van der Waals surface area contributed by atoms with Crippen LogP contribution in [0.5, 0.6) is 0 Å². The van der Waals surface area contributed by atoms with Crippen molar-refractivity contribution >= 4 is 0 Å². The van der Waals surface area contributed by atoms with Crippen LogP contribution in [0.25, 0.3) is 0 Å². The predicted octanol–water partition coefficient (Wildman–Crippen LogP) is 1.45. The number of β-amino-alcohol motifs (C(OH)–C–C–N with tert-alkyl or cyclic N) is 1. The summed E-state index contributed by atoms with van der Waals surface area (Å²) in [5.74, 6) is 0.828. The molecule has 3 N–H and O–H groups in total. The van der Waals surface area contributed by atoms with Crippen LogP contribution < -0.4 is 5.32 Å². The molecule has 0 heterocycles. The molecule has 19 heavy (non-hydrogen) atoms. The second kappa shape index (κ2) is 7.02. The Balaban J connectivity index is 1.58. The zero-order valence-corrected chi connectivity index (χ0v) is 12.1. The lowest BCUT2D eigenvalue weighted by Gasteiger charge is -2.41. The lowest BCUT2D eigenvalue weighted by Crippen LogP contribution is -2.56. The fourth-order valence-corrected chi connectivity index (χ4v) is 3.03. The van der Waals surface area contributed by atoms with Crippen LogP contribution in [0.3, 0.4) is 0 Å². The van der Waals surface area contributed by atoms with Crippen LogP contribution in [0, 0.1) is 5.92 Å². The first kappa shape index (κ1) is 15.2. The molecule has 4 nitrogen and oxygen atoms in total. The van der Waals surface area contributed by atoms with Crippen molar-refractivity contribution in [2.75, 3.05) is 19.8 Å². The molecule has 2 saturated carbocycles. The maximum Gasteiger partial charge on any atom is 0.0898 e. The van der Waals surface area contributed by atoms with Crippen LogP contribution in [0.2, 0.25) is 0 Å². The molecular weight excluding hydrogens is 242 g/mol. The van der Waals surface area contributed by atoms with Gasteiger partial charge < -0.3 is 20.3 Å². The molecule has 0 aromatic carbocycles. The van der Waals surface area contributed by atoms with E-state index in [1.54, 1.807) is 0 Å². The van der Waals surface area contributed by atoms with Gasteiger partial charge in [-0.1, -0.05) is 6.92 Å². The Bertz CT molecular complexity index is 255. The summed E-state index contributed by atoms with van der Waals surface area (Å²) in [5.41, 5.74) is -0.124. The van der Waals surface area contributed by atoms with Gasteiger partial charge in [0.15, 0.2) is 0 Å². The number of ether oxygens (including phenoxy) is 1. The molecule has 1 atom stereocenters. The summed E-state index contributed by atoms with van der Waals surface area (Å²) in [6, 6.07) is 0. The van der Waals surface area contributed by atoms with E-state index < -0.39 is 6.10 Å². The molecule has 0 aliphatic heterocycles.